The SMILES string of the molecule is Cc1ncsc1C(=O)N(C)C(C)c1cccc(N)c1. The van der Waals surface area contributed by atoms with Crippen molar-refractivity contribution >= 4 is 22.9 Å². The number of hydrogen-bond donors (Lipinski definition) is 1. The molecule has 0 saturated carbocycles. The van der Waals surface area contributed by atoms with E-state index in [4.69, 9.17) is 5.73 Å². The van der Waals surface area contributed by atoms with Gasteiger partial charge in [0.25, 0.3) is 5.91 Å². The molecule has 1 aromatic carbocycles. The average molecular weight is 275 g/mol. The summed E-state index contributed by atoms with van der Waals surface area (Å²) in [6.45, 7) is 3.84. The predicted molar refractivity (Wildman–Crippen MR) is 78.2 cm³/mol. The van der Waals surface area contributed by atoms with E-state index in [0.717, 1.165) is 11.3 Å². The summed E-state index contributed by atoms with van der Waals surface area (Å²) in [4.78, 5) is 18.9. The number of rotatable bonds is 3. The van der Waals surface area contributed by atoms with Crippen molar-refractivity contribution in [2.24, 2.45) is 0 Å². The molecule has 0 spiro atoms. The number of hydrogen-bond acceptors (Lipinski definition) is 4. The van der Waals surface area contributed by atoms with Gasteiger partial charge in [-0.2, -0.15) is 0 Å². The second kappa shape index (κ2) is 5.40. The van der Waals surface area contributed by atoms with Gasteiger partial charge in [-0.15, -0.1) is 11.3 Å². The zero-order valence-corrected chi connectivity index (χ0v) is 12.1. The number of nitrogens with zero attached hydrogens (tertiary/aromatic N) is 2. The lowest BCUT2D eigenvalue weighted by molar-refractivity contribution is 0.0746. The van der Waals surface area contributed by atoms with Crippen LogP contribution in [0.4, 0.5) is 5.69 Å². The number of nitrogen functional groups attached to an aromatic ring is 1. The molecular weight excluding hydrogens is 258 g/mol. The second-order valence-corrected chi connectivity index (χ2v) is 5.38. The Morgan fingerprint density at radius 1 is 1.47 bits per heavy atom. The minimum absolute atomic E-state index is 0.00470. The Bertz CT molecular complexity index is 594. The highest BCUT2D eigenvalue weighted by atomic mass is 32.1. The van der Waals surface area contributed by atoms with E-state index in [1.165, 1.54) is 11.3 Å². The van der Waals surface area contributed by atoms with Crippen molar-refractivity contribution in [3.8, 4) is 0 Å². The van der Waals surface area contributed by atoms with Crippen LogP contribution in [-0.2, 0) is 0 Å². The van der Waals surface area contributed by atoms with Crippen LogP contribution in [0.25, 0.3) is 0 Å². The summed E-state index contributed by atoms with van der Waals surface area (Å²) < 4.78 is 0. The number of nitrogens with two attached hydrogens (primary N) is 1. The number of thiazole rings is 1. The van der Waals surface area contributed by atoms with Gasteiger partial charge in [-0.1, -0.05) is 12.1 Å². The quantitative estimate of drug-likeness (QED) is 0.876. The third kappa shape index (κ3) is 2.76. The summed E-state index contributed by atoms with van der Waals surface area (Å²) in [5.41, 5.74) is 9.99. The summed E-state index contributed by atoms with van der Waals surface area (Å²) in [5.74, 6) is -0.00470. The fourth-order valence-corrected chi connectivity index (χ4v) is 2.67. The minimum atomic E-state index is -0.0301. The van der Waals surface area contributed by atoms with Crippen molar-refractivity contribution in [2.45, 2.75) is 19.9 Å². The van der Waals surface area contributed by atoms with E-state index in [0.29, 0.717) is 10.6 Å². The highest BCUT2D eigenvalue weighted by Crippen LogP contribution is 2.24. The third-order valence-corrected chi connectivity index (χ3v) is 4.15. The Balaban J connectivity index is 2.22. The fourth-order valence-electron chi connectivity index (χ4n) is 1.89. The van der Waals surface area contributed by atoms with Crippen molar-refractivity contribution in [3.63, 3.8) is 0 Å². The summed E-state index contributed by atoms with van der Waals surface area (Å²) in [6, 6.07) is 7.58. The topological polar surface area (TPSA) is 59.2 Å². The van der Waals surface area contributed by atoms with Crippen LogP contribution >= 0.6 is 11.3 Å². The summed E-state index contributed by atoms with van der Waals surface area (Å²) in [5, 5.41) is 0. The zero-order chi connectivity index (χ0) is 14.0. The number of carbonyl (C=O) groups is 1. The first-order valence-corrected chi connectivity index (χ1v) is 6.91. The van der Waals surface area contributed by atoms with Crippen LogP contribution in [0.1, 0.15) is 33.9 Å². The van der Waals surface area contributed by atoms with Crippen molar-refractivity contribution in [3.05, 3.63) is 45.9 Å². The molecule has 1 unspecified atom stereocenters. The van der Waals surface area contributed by atoms with Crippen LogP contribution in [0.5, 0.6) is 0 Å². The first-order chi connectivity index (χ1) is 9.00. The Morgan fingerprint density at radius 3 is 2.79 bits per heavy atom. The molecule has 2 aromatic rings. The van der Waals surface area contributed by atoms with Crippen molar-refractivity contribution in [1.29, 1.82) is 0 Å². The average Bonchev–Trinajstić information content (AvgIpc) is 2.82. The number of anilines is 1. The molecular formula is C14H17N3OS. The standard InChI is InChI=1S/C14H17N3OS/c1-9-13(19-8-16-9)14(18)17(3)10(2)11-5-4-6-12(15)7-11/h4-8,10H,15H2,1-3H3. The molecule has 1 heterocycles. The molecule has 0 radical (unpaired) electrons. The van der Waals surface area contributed by atoms with Gasteiger partial charge in [0.15, 0.2) is 0 Å². The van der Waals surface area contributed by atoms with Crippen molar-refractivity contribution < 1.29 is 4.79 Å². The molecule has 1 amide bonds. The highest BCUT2D eigenvalue weighted by Gasteiger charge is 2.21. The Morgan fingerprint density at radius 2 is 2.21 bits per heavy atom. The smallest absolute Gasteiger partial charge is 0.266 e. The fraction of sp³-hybridized carbons (Fsp3) is 0.286. The minimum Gasteiger partial charge on any atom is -0.399 e. The molecule has 2 rings (SSSR count). The van der Waals surface area contributed by atoms with E-state index in [1.54, 1.807) is 17.5 Å². The first-order valence-electron chi connectivity index (χ1n) is 6.03. The lowest BCUT2D eigenvalue weighted by Crippen LogP contribution is -2.29. The van der Waals surface area contributed by atoms with Gasteiger partial charge >= 0.3 is 0 Å². The molecule has 5 heteroatoms. The maximum Gasteiger partial charge on any atom is 0.266 e. The van der Waals surface area contributed by atoms with Crippen LogP contribution in [0.3, 0.4) is 0 Å². The Kier molecular flexibility index (Phi) is 3.85. The molecule has 1 aromatic heterocycles. The summed E-state index contributed by atoms with van der Waals surface area (Å²) >= 11 is 1.37. The van der Waals surface area contributed by atoms with Crippen LogP contribution in [0.15, 0.2) is 29.8 Å². The first kappa shape index (κ1) is 13.5. The van der Waals surface area contributed by atoms with Gasteiger partial charge in [-0.25, -0.2) is 4.98 Å². The van der Waals surface area contributed by atoms with E-state index >= 15 is 0 Å². The highest BCUT2D eigenvalue weighted by molar-refractivity contribution is 7.11. The number of amides is 1. The van der Waals surface area contributed by atoms with Crippen LogP contribution in [-0.4, -0.2) is 22.8 Å². The van der Waals surface area contributed by atoms with Gasteiger partial charge in [0.1, 0.15) is 4.88 Å². The maximum atomic E-state index is 12.4. The van der Waals surface area contributed by atoms with Gasteiger partial charge in [-0.05, 0) is 31.5 Å². The molecule has 2 N–H and O–H groups in total. The van der Waals surface area contributed by atoms with E-state index in [9.17, 15) is 4.79 Å². The monoisotopic (exact) mass is 275 g/mol. The molecule has 0 aliphatic heterocycles. The third-order valence-electron chi connectivity index (χ3n) is 3.23. The molecule has 0 saturated heterocycles. The number of benzene rings is 1. The predicted octanol–water partition coefficient (Wildman–Crippen LogP) is 2.87. The second-order valence-electron chi connectivity index (χ2n) is 4.53. The molecule has 4 nitrogen and oxygen atoms in total. The van der Waals surface area contributed by atoms with Crippen LogP contribution < -0.4 is 5.73 Å². The van der Waals surface area contributed by atoms with E-state index in [2.05, 4.69) is 4.98 Å². The number of aryl methyl sites for hydroxylation is 1. The lowest BCUT2D eigenvalue weighted by Gasteiger charge is -2.25. The summed E-state index contributed by atoms with van der Waals surface area (Å²) in [7, 11) is 1.80. The molecule has 0 aliphatic rings. The normalized spacial score (nSPS) is 12.2. The lowest BCUT2D eigenvalue weighted by atomic mass is 10.1. The Hall–Kier alpha value is -1.88. The van der Waals surface area contributed by atoms with E-state index < -0.39 is 0 Å². The van der Waals surface area contributed by atoms with Crippen LogP contribution in [0, 0.1) is 6.92 Å². The van der Waals surface area contributed by atoms with E-state index in [1.807, 2.05) is 38.1 Å². The van der Waals surface area contributed by atoms with Crippen molar-refractivity contribution in [1.82, 2.24) is 9.88 Å². The van der Waals surface area contributed by atoms with E-state index in [-0.39, 0.29) is 11.9 Å². The number of aromatic nitrogens is 1. The molecule has 1 atom stereocenters. The van der Waals surface area contributed by atoms with Gasteiger partial charge in [0.2, 0.25) is 0 Å². The van der Waals surface area contributed by atoms with Gasteiger partial charge in [-0.3, -0.25) is 4.79 Å². The van der Waals surface area contributed by atoms with Crippen molar-refractivity contribution in [2.75, 3.05) is 12.8 Å². The number of carbonyl (C=O) groups excluding carboxylic acids is 1. The molecule has 100 valence electrons. The van der Waals surface area contributed by atoms with Crippen LogP contribution in [0.2, 0.25) is 0 Å². The molecule has 19 heavy (non-hydrogen) atoms. The molecule has 0 aliphatic carbocycles. The van der Waals surface area contributed by atoms with Gasteiger partial charge in [0, 0.05) is 12.7 Å². The zero-order valence-electron chi connectivity index (χ0n) is 11.3. The molecule has 0 bridgehead atoms. The summed E-state index contributed by atoms with van der Waals surface area (Å²) in [6.07, 6.45) is 0. The van der Waals surface area contributed by atoms with Gasteiger partial charge in [0.05, 0.1) is 17.2 Å². The largest absolute Gasteiger partial charge is 0.399 e. The maximum absolute atomic E-state index is 12.4. The molecule has 0 fully saturated rings. The Labute approximate surface area is 116 Å². The van der Waals surface area contributed by atoms with Gasteiger partial charge < -0.3 is 10.6 Å².